The van der Waals surface area contributed by atoms with Crippen molar-refractivity contribution in [3.63, 3.8) is 0 Å². The lowest BCUT2D eigenvalue weighted by Gasteiger charge is -2.49. The number of carboxylic acid groups (broad SMARTS) is 2. The van der Waals surface area contributed by atoms with Gasteiger partial charge in [-0.3, -0.25) is 4.79 Å². The molecule has 6 atom stereocenters. The highest BCUT2D eigenvalue weighted by molar-refractivity contribution is 5.86. The van der Waals surface area contributed by atoms with Crippen LogP contribution < -0.4 is 0 Å². The Bertz CT molecular complexity index is 595. The summed E-state index contributed by atoms with van der Waals surface area (Å²) < 4.78 is 5.34. The van der Waals surface area contributed by atoms with E-state index in [0.29, 0.717) is 5.57 Å². The fourth-order valence-corrected chi connectivity index (χ4v) is 4.29. The van der Waals surface area contributed by atoms with Crippen LogP contribution in [0, 0.1) is 17.3 Å². The summed E-state index contributed by atoms with van der Waals surface area (Å²) in [5.41, 5.74) is -3.84. The fourth-order valence-electron chi connectivity index (χ4n) is 4.29. The Morgan fingerprint density at radius 1 is 1.38 bits per heavy atom. The van der Waals surface area contributed by atoms with Crippen LogP contribution in [0.15, 0.2) is 24.3 Å². The molecule has 2 fully saturated rings. The molecule has 0 aromatic heterocycles. The first kappa shape index (κ1) is 14.3. The number of carboxylic acids is 2. The van der Waals surface area contributed by atoms with Crippen molar-refractivity contribution in [2.24, 2.45) is 17.3 Å². The maximum Gasteiger partial charge on any atom is 0.339 e. The maximum absolute atomic E-state index is 11.7. The van der Waals surface area contributed by atoms with Gasteiger partial charge < -0.3 is 20.1 Å². The average molecular weight is 294 g/mol. The van der Waals surface area contributed by atoms with E-state index in [-0.39, 0.29) is 6.42 Å². The smallest absolute Gasteiger partial charge is 0.339 e. The van der Waals surface area contributed by atoms with E-state index >= 15 is 0 Å². The van der Waals surface area contributed by atoms with Crippen molar-refractivity contribution in [1.82, 2.24) is 0 Å². The number of ether oxygens (including phenoxy) is 1. The van der Waals surface area contributed by atoms with Crippen LogP contribution in [0.1, 0.15) is 20.3 Å². The van der Waals surface area contributed by atoms with Gasteiger partial charge in [0.05, 0.1) is 16.9 Å². The molecule has 21 heavy (non-hydrogen) atoms. The molecule has 1 saturated carbocycles. The first-order valence-electron chi connectivity index (χ1n) is 6.83. The minimum absolute atomic E-state index is 0.000880. The van der Waals surface area contributed by atoms with Gasteiger partial charge in [0.2, 0.25) is 5.60 Å². The molecule has 1 aliphatic heterocycles. The largest absolute Gasteiger partial charge is 0.481 e. The molecule has 1 heterocycles. The van der Waals surface area contributed by atoms with Crippen molar-refractivity contribution in [2.75, 3.05) is 0 Å². The highest BCUT2D eigenvalue weighted by Gasteiger charge is 2.86. The molecule has 0 aromatic carbocycles. The lowest BCUT2D eigenvalue weighted by atomic mass is 9.57. The average Bonchev–Trinajstić information content (AvgIpc) is 3.02. The predicted molar refractivity (Wildman–Crippen MR) is 71.5 cm³/mol. The second-order valence-electron chi connectivity index (χ2n) is 6.53. The number of rotatable bonds is 3. The molecule has 0 aromatic rings. The third-order valence-electron chi connectivity index (χ3n) is 5.56. The lowest BCUT2D eigenvalue weighted by Crippen LogP contribution is -2.61. The Labute approximate surface area is 121 Å². The summed E-state index contributed by atoms with van der Waals surface area (Å²) in [6.45, 7) is 7.06. The van der Waals surface area contributed by atoms with E-state index in [1.807, 2.05) is 0 Å². The predicted octanol–water partition coefficient (Wildman–Crippen LogP) is 0.813. The number of hydrogen-bond acceptors (Lipinski definition) is 4. The molecule has 3 aliphatic rings. The van der Waals surface area contributed by atoms with Crippen molar-refractivity contribution in [1.29, 1.82) is 0 Å². The van der Waals surface area contributed by atoms with Crippen LogP contribution in [0.2, 0.25) is 0 Å². The first-order chi connectivity index (χ1) is 9.62. The number of epoxide rings is 1. The van der Waals surface area contributed by atoms with Gasteiger partial charge in [-0.05, 0) is 13.8 Å². The summed E-state index contributed by atoms with van der Waals surface area (Å²) in [5.74, 6) is -3.96. The quantitative estimate of drug-likeness (QED) is 0.525. The Hall–Kier alpha value is -1.66. The van der Waals surface area contributed by atoms with Gasteiger partial charge in [0.15, 0.2) is 0 Å². The summed E-state index contributed by atoms with van der Waals surface area (Å²) in [5, 5.41) is 30.2. The molecule has 2 aliphatic carbocycles. The van der Waals surface area contributed by atoms with Crippen LogP contribution in [0.4, 0.5) is 0 Å². The van der Waals surface area contributed by atoms with Crippen LogP contribution in [0.5, 0.6) is 0 Å². The first-order valence-corrected chi connectivity index (χ1v) is 6.83. The summed E-state index contributed by atoms with van der Waals surface area (Å²) in [4.78, 5) is 23.4. The highest BCUT2D eigenvalue weighted by atomic mass is 16.6. The van der Waals surface area contributed by atoms with E-state index in [9.17, 15) is 24.9 Å². The Balaban J connectivity index is 2.18. The van der Waals surface area contributed by atoms with E-state index in [2.05, 4.69) is 6.58 Å². The second kappa shape index (κ2) is 3.75. The highest BCUT2D eigenvalue weighted by Crippen LogP contribution is 2.70. The van der Waals surface area contributed by atoms with E-state index in [1.165, 1.54) is 0 Å². The zero-order chi connectivity index (χ0) is 15.8. The second-order valence-corrected chi connectivity index (χ2v) is 6.53. The van der Waals surface area contributed by atoms with Crippen molar-refractivity contribution < 1.29 is 29.6 Å². The molecule has 0 bridgehead atoms. The van der Waals surface area contributed by atoms with Crippen LogP contribution >= 0.6 is 0 Å². The monoisotopic (exact) mass is 294 g/mol. The zero-order valence-corrected chi connectivity index (χ0v) is 11.9. The molecule has 3 rings (SSSR count). The van der Waals surface area contributed by atoms with Crippen LogP contribution in [-0.4, -0.2) is 44.6 Å². The molecule has 114 valence electrons. The van der Waals surface area contributed by atoms with E-state index in [4.69, 9.17) is 4.74 Å². The third-order valence-corrected chi connectivity index (χ3v) is 5.56. The van der Waals surface area contributed by atoms with Crippen LogP contribution in [0.3, 0.4) is 0 Å². The number of fused-ring (bicyclic) bond motifs is 3. The Kier molecular flexibility index (Phi) is 2.55. The van der Waals surface area contributed by atoms with Crippen LogP contribution in [0.25, 0.3) is 0 Å². The maximum atomic E-state index is 11.7. The molecular formula is C15H18O6. The van der Waals surface area contributed by atoms with E-state index in [0.717, 1.165) is 0 Å². The molecule has 3 N–H and O–H groups in total. The SMILES string of the molecule is C=C(C)[C@@H]1C=C[C@]2(C)C(O)(C[C@H]3O[C@]32C(=O)O)[C@H]1C(=O)O. The number of aliphatic carboxylic acids is 2. The topological polar surface area (TPSA) is 107 Å². The molecule has 0 radical (unpaired) electrons. The van der Waals surface area contributed by atoms with Crippen molar-refractivity contribution in [2.45, 2.75) is 37.6 Å². The van der Waals surface area contributed by atoms with Gasteiger partial charge >= 0.3 is 11.9 Å². The minimum Gasteiger partial charge on any atom is -0.481 e. The van der Waals surface area contributed by atoms with Crippen LogP contribution in [-0.2, 0) is 14.3 Å². The van der Waals surface area contributed by atoms with Gasteiger partial charge in [0, 0.05) is 12.3 Å². The summed E-state index contributed by atoms with van der Waals surface area (Å²) in [7, 11) is 0. The lowest BCUT2D eigenvalue weighted by molar-refractivity contribution is -0.183. The standard InChI is InChI=1S/C15H18O6/c1-7(2)8-4-5-13(3)14(20,10(8)11(16)17)6-9-15(13,21-9)12(18)19/h4-5,8-10,20H,1,6H2,2-3H3,(H,16,17)(H,18,19)/t8-,9+,10+,13+,14?,15-/m0/s1. The Morgan fingerprint density at radius 2 is 2.00 bits per heavy atom. The Morgan fingerprint density at radius 3 is 2.48 bits per heavy atom. The van der Waals surface area contributed by atoms with Crippen molar-refractivity contribution >= 4 is 11.9 Å². The summed E-state index contributed by atoms with van der Waals surface area (Å²) >= 11 is 0. The molecule has 0 spiro atoms. The molecule has 6 heteroatoms. The van der Waals surface area contributed by atoms with Gasteiger partial charge in [-0.2, -0.15) is 0 Å². The van der Waals surface area contributed by atoms with Gasteiger partial charge in [-0.15, -0.1) is 0 Å². The van der Waals surface area contributed by atoms with Gasteiger partial charge in [-0.1, -0.05) is 24.3 Å². The molecule has 1 saturated heterocycles. The van der Waals surface area contributed by atoms with Crippen molar-refractivity contribution in [3.8, 4) is 0 Å². The number of hydrogen-bond donors (Lipinski definition) is 3. The van der Waals surface area contributed by atoms with Gasteiger partial charge in [0.1, 0.15) is 6.10 Å². The number of allylic oxidation sites excluding steroid dienone is 2. The van der Waals surface area contributed by atoms with E-state index < -0.39 is 46.5 Å². The minimum atomic E-state index is -1.67. The number of aliphatic hydroxyl groups is 1. The number of carbonyl (C=O) groups is 2. The molecular weight excluding hydrogens is 276 g/mol. The molecule has 0 amide bonds. The van der Waals surface area contributed by atoms with Gasteiger partial charge in [0.25, 0.3) is 0 Å². The summed E-state index contributed by atoms with van der Waals surface area (Å²) in [6, 6.07) is 0. The normalized spacial score (nSPS) is 50.1. The fraction of sp³-hybridized carbons (Fsp3) is 0.600. The molecule has 1 unspecified atom stereocenters. The summed E-state index contributed by atoms with van der Waals surface area (Å²) in [6.07, 6.45) is 2.60. The molecule has 6 nitrogen and oxygen atoms in total. The van der Waals surface area contributed by atoms with Crippen molar-refractivity contribution in [3.05, 3.63) is 24.3 Å². The van der Waals surface area contributed by atoms with Gasteiger partial charge in [-0.25, -0.2) is 4.79 Å². The zero-order valence-electron chi connectivity index (χ0n) is 11.9. The third kappa shape index (κ3) is 1.34. The van der Waals surface area contributed by atoms with E-state index in [1.54, 1.807) is 26.0 Å².